The molecular formula is C16H18O2. The van der Waals surface area contributed by atoms with Gasteiger partial charge in [0, 0.05) is 5.56 Å². The summed E-state index contributed by atoms with van der Waals surface area (Å²) in [7, 11) is 0. The van der Waals surface area contributed by atoms with Crippen LogP contribution in [0.3, 0.4) is 0 Å². The summed E-state index contributed by atoms with van der Waals surface area (Å²) >= 11 is 0. The molecule has 0 bridgehead atoms. The molecule has 0 radical (unpaired) electrons. The van der Waals surface area contributed by atoms with Gasteiger partial charge in [-0.2, -0.15) is 0 Å². The Labute approximate surface area is 108 Å². The lowest BCUT2D eigenvalue weighted by Crippen LogP contribution is -1.80. The molecule has 0 N–H and O–H groups in total. The summed E-state index contributed by atoms with van der Waals surface area (Å²) in [5, 5.41) is 0. The Kier molecular flexibility index (Phi) is 8.74. The van der Waals surface area contributed by atoms with E-state index in [0.29, 0.717) is 5.56 Å². The number of carbonyl (C=O) groups excluding carboxylic acids is 2. The SMILES string of the molecule is C=O.CC.O=Cc1ccc(-c2ccccc2)cc1. The van der Waals surface area contributed by atoms with Crippen molar-refractivity contribution in [1.82, 2.24) is 0 Å². The van der Waals surface area contributed by atoms with Crippen LogP contribution in [0.1, 0.15) is 24.2 Å². The van der Waals surface area contributed by atoms with Crippen LogP contribution in [0.15, 0.2) is 54.6 Å². The first-order chi connectivity index (χ1) is 8.90. The van der Waals surface area contributed by atoms with Gasteiger partial charge in [-0.3, -0.25) is 4.79 Å². The van der Waals surface area contributed by atoms with E-state index < -0.39 is 0 Å². The molecule has 0 aliphatic heterocycles. The van der Waals surface area contributed by atoms with Gasteiger partial charge in [0.2, 0.25) is 0 Å². The molecule has 0 aliphatic carbocycles. The van der Waals surface area contributed by atoms with E-state index in [9.17, 15) is 4.79 Å². The summed E-state index contributed by atoms with van der Waals surface area (Å²) in [6.45, 7) is 6.00. The molecule has 94 valence electrons. The molecule has 2 heteroatoms. The Balaban J connectivity index is 0.000000659. The highest BCUT2D eigenvalue weighted by molar-refractivity contribution is 5.76. The molecule has 2 nitrogen and oxygen atoms in total. The van der Waals surface area contributed by atoms with E-state index >= 15 is 0 Å². The molecule has 18 heavy (non-hydrogen) atoms. The van der Waals surface area contributed by atoms with Gasteiger partial charge >= 0.3 is 0 Å². The molecule has 0 unspecified atom stereocenters. The van der Waals surface area contributed by atoms with Gasteiger partial charge in [-0.05, 0) is 11.1 Å². The van der Waals surface area contributed by atoms with Crippen LogP contribution in [0.4, 0.5) is 0 Å². The molecule has 0 atom stereocenters. The first-order valence-corrected chi connectivity index (χ1v) is 5.80. The van der Waals surface area contributed by atoms with E-state index in [2.05, 4.69) is 12.1 Å². The Bertz CT molecular complexity index is 432. The average molecular weight is 242 g/mol. The van der Waals surface area contributed by atoms with Gasteiger partial charge in [-0.25, -0.2) is 0 Å². The Morgan fingerprint density at radius 2 is 1.22 bits per heavy atom. The van der Waals surface area contributed by atoms with E-state index in [-0.39, 0.29) is 0 Å². The van der Waals surface area contributed by atoms with Crippen molar-refractivity contribution in [1.29, 1.82) is 0 Å². The largest absolute Gasteiger partial charge is 0.307 e. The standard InChI is InChI=1S/C13H10O.C2H6.CH2O/c14-10-11-6-8-13(9-7-11)12-4-2-1-3-5-12;2*1-2/h1-10H;1-2H3;1H2. The summed E-state index contributed by atoms with van der Waals surface area (Å²) in [6, 6.07) is 17.7. The average Bonchev–Trinajstić information content (AvgIpc) is 2.52. The monoisotopic (exact) mass is 242 g/mol. The highest BCUT2D eigenvalue weighted by atomic mass is 16.1. The van der Waals surface area contributed by atoms with Gasteiger partial charge in [-0.1, -0.05) is 68.4 Å². The molecule has 0 heterocycles. The minimum atomic E-state index is 0.713. The van der Waals surface area contributed by atoms with Crippen LogP contribution in [-0.2, 0) is 4.79 Å². The predicted octanol–water partition coefficient (Wildman–Crippen LogP) is 4.01. The third-order valence-corrected chi connectivity index (χ3v) is 2.15. The van der Waals surface area contributed by atoms with Crippen molar-refractivity contribution in [2.24, 2.45) is 0 Å². The van der Waals surface area contributed by atoms with Gasteiger partial charge in [0.05, 0.1) is 0 Å². The van der Waals surface area contributed by atoms with Crippen molar-refractivity contribution in [3.63, 3.8) is 0 Å². The van der Waals surface area contributed by atoms with E-state index in [4.69, 9.17) is 4.79 Å². The van der Waals surface area contributed by atoms with Crippen LogP contribution >= 0.6 is 0 Å². The summed E-state index contributed by atoms with van der Waals surface area (Å²) in [5.74, 6) is 0. The van der Waals surface area contributed by atoms with Gasteiger partial charge < -0.3 is 4.79 Å². The van der Waals surface area contributed by atoms with Crippen molar-refractivity contribution in [3.8, 4) is 11.1 Å². The van der Waals surface area contributed by atoms with Crippen LogP contribution in [-0.4, -0.2) is 13.1 Å². The topological polar surface area (TPSA) is 34.1 Å². The molecular weight excluding hydrogens is 224 g/mol. The zero-order chi connectivity index (χ0) is 13.8. The number of carbonyl (C=O) groups is 2. The molecule has 0 saturated carbocycles. The smallest absolute Gasteiger partial charge is 0.150 e. The molecule has 0 fully saturated rings. The van der Waals surface area contributed by atoms with Crippen molar-refractivity contribution < 1.29 is 9.59 Å². The summed E-state index contributed by atoms with van der Waals surface area (Å²) in [6.07, 6.45) is 0.856. The lowest BCUT2D eigenvalue weighted by atomic mass is 10.0. The molecule has 0 amide bonds. The summed E-state index contributed by atoms with van der Waals surface area (Å²) in [5.41, 5.74) is 3.02. The Hall–Kier alpha value is -2.22. The quantitative estimate of drug-likeness (QED) is 0.746. The highest BCUT2D eigenvalue weighted by Crippen LogP contribution is 2.18. The summed E-state index contributed by atoms with van der Waals surface area (Å²) < 4.78 is 0. The van der Waals surface area contributed by atoms with Gasteiger partial charge in [0.1, 0.15) is 13.1 Å². The molecule has 2 aromatic carbocycles. The third-order valence-electron chi connectivity index (χ3n) is 2.15. The molecule has 2 aromatic rings. The number of benzene rings is 2. The first-order valence-electron chi connectivity index (χ1n) is 5.80. The second-order valence-corrected chi connectivity index (χ2v) is 3.11. The minimum absolute atomic E-state index is 0.713. The zero-order valence-corrected chi connectivity index (χ0v) is 10.8. The number of hydrogen-bond acceptors (Lipinski definition) is 2. The Morgan fingerprint density at radius 1 is 0.778 bits per heavy atom. The maximum atomic E-state index is 10.5. The van der Waals surface area contributed by atoms with Crippen molar-refractivity contribution in [3.05, 3.63) is 60.2 Å². The Morgan fingerprint density at radius 3 is 1.67 bits per heavy atom. The van der Waals surface area contributed by atoms with Gasteiger partial charge in [0.15, 0.2) is 0 Å². The van der Waals surface area contributed by atoms with Crippen LogP contribution in [0.25, 0.3) is 11.1 Å². The lowest BCUT2D eigenvalue weighted by molar-refractivity contribution is -0.0979. The van der Waals surface area contributed by atoms with Crippen molar-refractivity contribution in [2.75, 3.05) is 0 Å². The van der Waals surface area contributed by atoms with Crippen LogP contribution < -0.4 is 0 Å². The zero-order valence-electron chi connectivity index (χ0n) is 10.8. The van der Waals surface area contributed by atoms with Crippen LogP contribution in [0, 0.1) is 0 Å². The maximum absolute atomic E-state index is 10.5. The maximum Gasteiger partial charge on any atom is 0.150 e. The number of hydrogen-bond donors (Lipinski definition) is 0. The second-order valence-electron chi connectivity index (χ2n) is 3.11. The molecule has 0 aliphatic rings. The fraction of sp³-hybridized carbons (Fsp3) is 0.125. The van der Waals surface area contributed by atoms with E-state index in [1.807, 2.05) is 63.1 Å². The van der Waals surface area contributed by atoms with Crippen LogP contribution in [0.2, 0.25) is 0 Å². The van der Waals surface area contributed by atoms with Crippen molar-refractivity contribution >= 4 is 13.1 Å². The van der Waals surface area contributed by atoms with E-state index in [0.717, 1.165) is 11.8 Å². The van der Waals surface area contributed by atoms with Gasteiger partial charge in [-0.15, -0.1) is 0 Å². The van der Waals surface area contributed by atoms with Crippen LogP contribution in [0.5, 0.6) is 0 Å². The van der Waals surface area contributed by atoms with E-state index in [1.165, 1.54) is 5.56 Å². The van der Waals surface area contributed by atoms with Gasteiger partial charge in [0.25, 0.3) is 0 Å². The molecule has 0 aromatic heterocycles. The fourth-order valence-corrected chi connectivity index (χ4v) is 1.38. The number of aldehydes is 1. The second kappa shape index (κ2) is 9.97. The normalized spacial score (nSPS) is 8.11. The lowest BCUT2D eigenvalue weighted by Gasteiger charge is -2.00. The third kappa shape index (κ3) is 4.74. The predicted molar refractivity (Wildman–Crippen MR) is 75.7 cm³/mol. The molecule has 0 saturated heterocycles. The summed E-state index contributed by atoms with van der Waals surface area (Å²) in [4.78, 5) is 18.5. The minimum Gasteiger partial charge on any atom is -0.307 e. The van der Waals surface area contributed by atoms with Crippen molar-refractivity contribution in [2.45, 2.75) is 13.8 Å². The molecule has 0 spiro atoms. The highest BCUT2D eigenvalue weighted by Gasteiger charge is 1.95. The van der Waals surface area contributed by atoms with E-state index in [1.54, 1.807) is 0 Å². The number of rotatable bonds is 2. The molecule has 2 rings (SSSR count). The first kappa shape index (κ1) is 15.8. The fourth-order valence-electron chi connectivity index (χ4n) is 1.38.